The molecule has 0 aliphatic carbocycles. The fourth-order valence-electron chi connectivity index (χ4n) is 0.573. The fraction of sp³-hybridized carbons (Fsp3) is 1.00. The molecule has 0 bridgehead atoms. The molecule has 0 fully saturated rings. The third-order valence-electron chi connectivity index (χ3n) is 1.43. The lowest BCUT2D eigenvalue weighted by molar-refractivity contribution is 0.631. The molecule has 0 saturated carbocycles. The number of thioether (sulfide) groups is 1. The second-order valence-electron chi connectivity index (χ2n) is 3.10. The Labute approximate surface area is 68.8 Å². The third-order valence-corrected chi connectivity index (χ3v) is 2.66. The molecule has 0 aliphatic heterocycles. The van der Waals surface area contributed by atoms with Crippen molar-refractivity contribution in [3.63, 3.8) is 0 Å². The van der Waals surface area contributed by atoms with Gasteiger partial charge in [0.2, 0.25) is 0 Å². The van der Waals surface area contributed by atoms with E-state index in [1.807, 2.05) is 11.8 Å². The summed E-state index contributed by atoms with van der Waals surface area (Å²) in [6.07, 6.45) is 1.31. The quantitative estimate of drug-likeness (QED) is 0.668. The summed E-state index contributed by atoms with van der Waals surface area (Å²) < 4.78 is 0. The Kier molecular flexibility index (Phi) is 6.24. The maximum absolute atomic E-state index is 5.47. The summed E-state index contributed by atoms with van der Waals surface area (Å²) in [6, 6.07) is 0. The van der Waals surface area contributed by atoms with Crippen LogP contribution < -0.4 is 5.73 Å². The zero-order valence-corrected chi connectivity index (χ0v) is 8.08. The molecule has 0 aromatic rings. The van der Waals surface area contributed by atoms with E-state index < -0.39 is 0 Å². The molecule has 1 nitrogen and oxygen atoms in total. The average Bonchev–Trinajstić information content (AvgIpc) is 1.87. The lowest BCUT2D eigenvalue weighted by atomic mass is 10.2. The molecule has 2 N–H and O–H groups in total. The van der Waals surface area contributed by atoms with Crippen molar-refractivity contribution in [3.8, 4) is 0 Å². The summed E-state index contributed by atoms with van der Waals surface area (Å²) in [4.78, 5) is 0. The van der Waals surface area contributed by atoms with Crippen molar-refractivity contribution in [3.05, 3.63) is 0 Å². The monoisotopic (exact) mass is 161 g/mol. The van der Waals surface area contributed by atoms with Gasteiger partial charge in [-0.25, -0.2) is 0 Å². The van der Waals surface area contributed by atoms with E-state index in [0.29, 0.717) is 5.25 Å². The largest absolute Gasteiger partial charge is 0.329 e. The number of hydrogen-bond acceptors (Lipinski definition) is 2. The van der Waals surface area contributed by atoms with Gasteiger partial charge >= 0.3 is 0 Å². The Balaban J connectivity index is 3.03. The highest BCUT2D eigenvalue weighted by Crippen LogP contribution is 2.13. The second-order valence-corrected chi connectivity index (χ2v) is 4.65. The standard InChI is InChI=1S/C8H19NS/c1-7(2)4-5-10-8(3)6-9/h7-8H,4-6,9H2,1-3H3. The Bertz CT molecular complexity index is 73.7. The van der Waals surface area contributed by atoms with Crippen LogP contribution in [0.1, 0.15) is 27.2 Å². The molecule has 1 unspecified atom stereocenters. The van der Waals surface area contributed by atoms with Gasteiger partial charge in [0.05, 0.1) is 0 Å². The van der Waals surface area contributed by atoms with Crippen LogP contribution in [-0.4, -0.2) is 17.5 Å². The molecule has 62 valence electrons. The Morgan fingerprint density at radius 2 is 1.90 bits per heavy atom. The van der Waals surface area contributed by atoms with Gasteiger partial charge in [-0.15, -0.1) is 0 Å². The molecule has 1 atom stereocenters. The van der Waals surface area contributed by atoms with Crippen LogP contribution in [0.5, 0.6) is 0 Å². The lowest BCUT2D eigenvalue weighted by Crippen LogP contribution is -2.13. The molecule has 0 heterocycles. The Morgan fingerprint density at radius 1 is 1.30 bits per heavy atom. The molecule has 2 heteroatoms. The summed E-state index contributed by atoms with van der Waals surface area (Å²) in [5, 5.41) is 0.638. The highest BCUT2D eigenvalue weighted by atomic mass is 32.2. The maximum atomic E-state index is 5.47. The van der Waals surface area contributed by atoms with Crippen LogP contribution in [0.2, 0.25) is 0 Å². The van der Waals surface area contributed by atoms with Crippen LogP contribution in [0.4, 0.5) is 0 Å². The van der Waals surface area contributed by atoms with Crippen LogP contribution in [0.3, 0.4) is 0 Å². The minimum absolute atomic E-state index is 0.638. The minimum atomic E-state index is 0.638. The van der Waals surface area contributed by atoms with Gasteiger partial charge < -0.3 is 5.73 Å². The molecule has 0 rings (SSSR count). The van der Waals surface area contributed by atoms with E-state index >= 15 is 0 Å². The summed E-state index contributed by atoms with van der Waals surface area (Å²) in [5.74, 6) is 2.09. The van der Waals surface area contributed by atoms with Crippen LogP contribution >= 0.6 is 11.8 Å². The second kappa shape index (κ2) is 6.05. The van der Waals surface area contributed by atoms with Gasteiger partial charge in [-0.3, -0.25) is 0 Å². The third kappa shape index (κ3) is 6.43. The van der Waals surface area contributed by atoms with Gasteiger partial charge in [0, 0.05) is 11.8 Å². The van der Waals surface area contributed by atoms with Crippen LogP contribution in [-0.2, 0) is 0 Å². The molecule has 0 aromatic heterocycles. The van der Waals surface area contributed by atoms with Crippen LogP contribution in [0, 0.1) is 5.92 Å². The van der Waals surface area contributed by atoms with Gasteiger partial charge in [0.25, 0.3) is 0 Å². The summed E-state index contributed by atoms with van der Waals surface area (Å²) >= 11 is 1.98. The highest BCUT2D eigenvalue weighted by molar-refractivity contribution is 7.99. The first-order valence-electron chi connectivity index (χ1n) is 3.98. The van der Waals surface area contributed by atoms with Gasteiger partial charge in [0.15, 0.2) is 0 Å². The first-order valence-corrected chi connectivity index (χ1v) is 5.03. The number of rotatable bonds is 5. The maximum Gasteiger partial charge on any atom is 0.0141 e. The Hall–Kier alpha value is 0.310. The molecular formula is C8H19NS. The van der Waals surface area contributed by atoms with E-state index in [2.05, 4.69) is 20.8 Å². The molecule has 0 spiro atoms. The number of nitrogens with two attached hydrogens (primary N) is 1. The van der Waals surface area contributed by atoms with Crippen molar-refractivity contribution in [1.82, 2.24) is 0 Å². The van der Waals surface area contributed by atoms with Crippen LogP contribution in [0.25, 0.3) is 0 Å². The molecule has 0 aromatic carbocycles. The van der Waals surface area contributed by atoms with E-state index in [1.54, 1.807) is 0 Å². The van der Waals surface area contributed by atoms with Crippen molar-refractivity contribution in [2.45, 2.75) is 32.4 Å². The summed E-state index contributed by atoms with van der Waals surface area (Å²) in [6.45, 7) is 7.51. The average molecular weight is 161 g/mol. The van der Waals surface area contributed by atoms with Gasteiger partial charge in [-0.1, -0.05) is 20.8 Å². The van der Waals surface area contributed by atoms with E-state index in [-0.39, 0.29) is 0 Å². The van der Waals surface area contributed by atoms with Crippen molar-refractivity contribution < 1.29 is 0 Å². The van der Waals surface area contributed by atoms with Crippen molar-refractivity contribution in [2.24, 2.45) is 11.7 Å². The summed E-state index contributed by atoms with van der Waals surface area (Å²) in [5.41, 5.74) is 5.47. The van der Waals surface area contributed by atoms with Gasteiger partial charge in [0.1, 0.15) is 0 Å². The van der Waals surface area contributed by atoms with Crippen molar-refractivity contribution >= 4 is 11.8 Å². The van der Waals surface area contributed by atoms with Crippen molar-refractivity contribution in [1.29, 1.82) is 0 Å². The molecule has 0 amide bonds. The molecule has 0 saturated heterocycles. The topological polar surface area (TPSA) is 26.0 Å². The lowest BCUT2D eigenvalue weighted by Gasteiger charge is -2.08. The van der Waals surface area contributed by atoms with E-state index in [1.165, 1.54) is 12.2 Å². The Morgan fingerprint density at radius 3 is 2.30 bits per heavy atom. The SMILES string of the molecule is CC(C)CCSC(C)CN. The molecule has 0 aliphatic rings. The van der Waals surface area contributed by atoms with E-state index in [0.717, 1.165) is 12.5 Å². The molecular weight excluding hydrogens is 142 g/mol. The normalized spacial score (nSPS) is 14.1. The highest BCUT2D eigenvalue weighted by Gasteiger charge is 1.99. The summed E-state index contributed by atoms with van der Waals surface area (Å²) in [7, 11) is 0. The minimum Gasteiger partial charge on any atom is -0.329 e. The fourth-order valence-corrected chi connectivity index (χ4v) is 1.72. The smallest absolute Gasteiger partial charge is 0.0141 e. The van der Waals surface area contributed by atoms with E-state index in [4.69, 9.17) is 5.73 Å². The zero-order chi connectivity index (χ0) is 7.98. The van der Waals surface area contributed by atoms with Crippen molar-refractivity contribution in [2.75, 3.05) is 12.3 Å². The molecule has 0 radical (unpaired) electrons. The molecule has 10 heavy (non-hydrogen) atoms. The predicted octanol–water partition coefficient (Wildman–Crippen LogP) is 2.11. The van der Waals surface area contributed by atoms with E-state index in [9.17, 15) is 0 Å². The van der Waals surface area contributed by atoms with Crippen LogP contribution in [0.15, 0.2) is 0 Å². The van der Waals surface area contributed by atoms with Gasteiger partial charge in [-0.05, 0) is 18.1 Å². The first-order chi connectivity index (χ1) is 4.66. The number of hydrogen-bond donors (Lipinski definition) is 1. The first kappa shape index (κ1) is 10.3. The predicted molar refractivity (Wildman–Crippen MR) is 50.4 cm³/mol. The zero-order valence-electron chi connectivity index (χ0n) is 7.26. The van der Waals surface area contributed by atoms with Gasteiger partial charge in [-0.2, -0.15) is 11.8 Å².